The zero-order valence-electron chi connectivity index (χ0n) is 12.8. The molecule has 1 unspecified atom stereocenters. The van der Waals surface area contributed by atoms with Gasteiger partial charge in [0.25, 0.3) is 0 Å². The number of carbonyl (C=O) groups excluding carboxylic acids is 2. The van der Waals surface area contributed by atoms with E-state index >= 15 is 0 Å². The Hall–Kier alpha value is -1.77. The maximum atomic E-state index is 12.9. The number of urea groups is 1. The minimum Gasteiger partial charge on any atom is -0.463 e. The van der Waals surface area contributed by atoms with Gasteiger partial charge in [0.05, 0.1) is 24.6 Å². The Labute approximate surface area is 132 Å². The van der Waals surface area contributed by atoms with Crippen molar-refractivity contribution in [3.05, 3.63) is 11.3 Å². The Morgan fingerprint density at radius 2 is 2.17 bits per heavy atom. The van der Waals surface area contributed by atoms with Crippen molar-refractivity contribution in [2.24, 2.45) is 5.92 Å². The van der Waals surface area contributed by atoms with E-state index in [4.69, 9.17) is 4.74 Å². The number of hydrogen-bond donors (Lipinski definition) is 2. The fourth-order valence-corrected chi connectivity index (χ4v) is 2.77. The Morgan fingerprint density at radius 3 is 2.83 bits per heavy atom. The van der Waals surface area contributed by atoms with Crippen LogP contribution in [-0.4, -0.2) is 55.9 Å². The van der Waals surface area contributed by atoms with Crippen LogP contribution in [-0.2, 0) is 9.53 Å². The summed E-state index contributed by atoms with van der Waals surface area (Å²) in [4.78, 5) is 25.0. The minimum absolute atomic E-state index is 0.0105. The number of alkyl halides is 3. The molecule has 2 rings (SSSR count). The summed E-state index contributed by atoms with van der Waals surface area (Å²) in [5.41, 5.74) is 0.565. The summed E-state index contributed by atoms with van der Waals surface area (Å²) in [7, 11) is 0. The predicted molar refractivity (Wildman–Crippen MR) is 75.4 cm³/mol. The van der Waals surface area contributed by atoms with E-state index in [9.17, 15) is 22.8 Å². The number of ether oxygens (including phenoxy) is 1. The van der Waals surface area contributed by atoms with E-state index in [1.807, 2.05) is 0 Å². The summed E-state index contributed by atoms with van der Waals surface area (Å²) in [5.74, 6) is -1.94. The SMILES string of the molecule is CCOC(=O)C1=C(CN2CCCC(C(F)(F)F)C2)NC(=O)NC1. The van der Waals surface area contributed by atoms with Gasteiger partial charge in [0.1, 0.15) is 0 Å². The average Bonchev–Trinajstić information content (AvgIpc) is 2.47. The lowest BCUT2D eigenvalue weighted by Gasteiger charge is -2.35. The number of hydrogen-bond acceptors (Lipinski definition) is 4. The molecule has 0 aromatic rings. The largest absolute Gasteiger partial charge is 0.463 e. The molecule has 0 aromatic heterocycles. The zero-order chi connectivity index (χ0) is 17.0. The first-order valence-corrected chi connectivity index (χ1v) is 7.54. The van der Waals surface area contributed by atoms with Gasteiger partial charge in [0, 0.05) is 18.8 Å². The highest BCUT2D eigenvalue weighted by atomic mass is 19.4. The van der Waals surface area contributed by atoms with E-state index in [0.29, 0.717) is 18.7 Å². The van der Waals surface area contributed by atoms with Gasteiger partial charge in [-0.3, -0.25) is 4.90 Å². The lowest BCUT2D eigenvalue weighted by Crippen LogP contribution is -2.49. The third kappa shape index (κ3) is 4.60. The molecule has 130 valence electrons. The van der Waals surface area contributed by atoms with E-state index in [1.54, 1.807) is 11.8 Å². The zero-order valence-corrected chi connectivity index (χ0v) is 12.8. The number of amides is 2. The van der Waals surface area contributed by atoms with E-state index < -0.39 is 24.1 Å². The van der Waals surface area contributed by atoms with Crippen molar-refractivity contribution >= 4 is 12.0 Å². The number of piperidine rings is 1. The van der Waals surface area contributed by atoms with Crippen molar-refractivity contribution in [1.82, 2.24) is 15.5 Å². The van der Waals surface area contributed by atoms with Crippen LogP contribution in [0.5, 0.6) is 0 Å². The van der Waals surface area contributed by atoms with Crippen molar-refractivity contribution < 1.29 is 27.5 Å². The first kappa shape index (κ1) is 17.6. The van der Waals surface area contributed by atoms with E-state index in [1.165, 1.54) is 0 Å². The van der Waals surface area contributed by atoms with Crippen LogP contribution in [0.1, 0.15) is 19.8 Å². The van der Waals surface area contributed by atoms with Crippen LogP contribution in [0.4, 0.5) is 18.0 Å². The minimum atomic E-state index is -4.23. The number of halogens is 3. The lowest BCUT2D eigenvalue weighted by molar-refractivity contribution is -0.186. The lowest BCUT2D eigenvalue weighted by atomic mass is 9.97. The highest BCUT2D eigenvalue weighted by molar-refractivity contribution is 5.93. The van der Waals surface area contributed by atoms with Gasteiger partial charge in [-0.05, 0) is 26.3 Å². The molecule has 2 amide bonds. The van der Waals surface area contributed by atoms with Gasteiger partial charge in [0.2, 0.25) is 0 Å². The van der Waals surface area contributed by atoms with Crippen molar-refractivity contribution in [1.29, 1.82) is 0 Å². The van der Waals surface area contributed by atoms with Crippen LogP contribution in [0, 0.1) is 5.92 Å². The third-order valence-corrected chi connectivity index (χ3v) is 3.93. The molecule has 2 heterocycles. The van der Waals surface area contributed by atoms with Crippen LogP contribution in [0.2, 0.25) is 0 Å². The molecule has 2 aliphatic rings. The maximum absolute atomic E-state index is 12.9. The van der Waals surface area contributed by atoms with Crippen LogP contribution >= 0.6 is 0 Å². The molecule has 6 nitrogen and oxygen atoms in total. The number of rotatable bonds is 4. The Balaban J connectivity index is 2.10. The van der Waals surface area contributed by atoms with E-state index in [0.717, 1.165) is 0 Å². The monoisotopic (exact) mass is 335 g/mol. The molecule has 0 radical (unpaired) electrons. The van der Waals surface area contributed by atoms with Crippen molar-refractivity contribution in [2.45, 2.75) is 25.9 Å². The van der Waals surface area contributed by atoms with Gasteiger partial charge in [-0.1, -0.05) is 0 Å². The molecular formula is C14H20F3N3O3. The number of esters is 1. The van der Waals surface area contributed by atoms with Gasteiger partial charge in [-0.25, -0.2) is 9.59 Å². The normalized spacial score (nSPS) is 23.3. The molecule has 0 spiro atoms. The fraction of sp³-hybridized carbons (Fsp3) is 0.714. The Kier molecular flexibility index (Phi) is 5.51. The highest BCUT2D eigenvalue weighted by Gasteiger charge is 2.42. The summed E-state index contributed by atoms with van der Waals surface area (Å²) in [6.07, 6.45) is -3.69. The molecule has 1 fully saturated rings. The summed E-state index contributed by atoms with van der Waals surface area (Å²) in [5, 5.41) is 4.98. The van der Waals surface area contributed by atoms with E-state index in [-0.39, 0.29) is 38.2 Å². The number of nitrogens with one attached hydrogen (secondary N) is 2. The quantitative estimate of drug-likeness (QED) is 0.762. The van der Waals surface area contributed by atoms with Gasteiger partial charge in [0.15, 0.2) is 0 Å². The first-order chi connectivity index (χ1) is 10.8. The van der Waals surface area contributed by atoms with Crippen molar-refractivity contribution in [2.75, 3.05) is 32.8 Å². The smallest absolute Gasteiger partial charge is 0.393 e. The summed E-state index contributed by atoms with van der Waals surface area (Å²) in [6, 6.07) is -0.475. The molecule has 0 aliphatic carbocycles. The summed E-state index contributed by atoms with van der Waals surface area (Å²) in [6.45, 7) is 2.31. The molecule has 2 N–H and O–H groups in total. The first-order valence-electron chi connectivity index (χ1n) is 7.54. The standard InChI is InChI=1S/C14H20F3N3O3/c1-2-23-12(21)10-6-18-13(22)19-11(10)8-20-5-3-4-9(7-20)14(15,16)17/h9H,2-8H2,1H3,(H2,18,19,22). The van der Waals surface area contributed by atoms with Crippen molar-refractivity contribution in [3.8, 4) is 0 Å². The van der Waals surface area contributed by atoms with Crippen LogP contribution in [0.15, 0.2) is 11.3 Å². The number of carbonyl (C=O) groups is 2. The third-order valence-electron chi connectivity index (χ3n) is 3.93. The molecule has 9 heteroatoms. The van der Waals surface area contributed by atoms with Crippen molar-refractivity contribution in [3.63, 3.8) is 0 Å². The molecule has 0 saturated carbocycles. The second-order valence-corrected chi connectivity index (χ2v) is 5.60. The second kappa shape index (κ2) is 7.20. The van der Waals surface area contributed by atoms with Gasteiger partial charge in [-0.15, -0.1) is 0 Å². The average molecular weight is 335 g/mol. The maximum Gasteiger partial charge on any atom is 0.393 e. The topological polar surface area (TPSA) is 70.7 Å². The molecule has 1 atom stereocenters. The van der Waals surface area contributed by atoms with Crippen LogP contribution in [0.25, 0.3) is 0 Å². The molecule has 2 aliphatic heterocycles. The Morgan fingerprint density at radius 1 is 1.43 bits per heavy atom. The highest BCUT2D eigenvalue weighted by Crippen LogP contribution is 2.33. The second-order valence-electron chi connectivity index (χ2n) is 5.60. The predicted octanol–water partition coefficient (Wildman–Crippen LogP) is 1.39. The Bertz CT molecular complexity index is 505. The molecular weight excluding hydrogens is 315 g/mol. The van der Waals surface area contributed by atoms with Gasteiger partial charge < -0.3 is 15.4 Å². The number of nitrogens with zero attached hydrogens (tertiary/aromatic N) is 1. The number of likely N-dealkylation sites (tertiary alicyclic amines) is 1. The van der Waals surface area contributed by atoms with Crippen LogP contribution in [0.3, 0.4) is 0 Å². The molecule has 0 bridgehead atoms. The molecule has 1 saturated heterocycles. The van der Waals surface area contributed by atoms with E-state index in [2.05, 4.69) is 10.6 Å². The summed E-state index contributed by atoms with van der Waals surface area (Å²) < 4.78 is 43.5. The van der Waals surface area contributed by atoms with Gasteiger partial charge >= 0.3 is 18.2 Å². The molecule has 0 aromatic carbocycles. The van der Waals surface area contributed by atoms with Gasteiger partial charge in [-0.2, -0.15) is 13.2 Å². The fourth-order valence-electron chi connectivity index (χ4n) is 2.77. The van der Waals surface area contributed by atoms with Crippen LogP contribution < -0.4 is 10.6 Å². The molecule has 23 heavy (non-hydrogen) atoms. The summed E-state index contributed by atoms with van der Waals surface area (Å²) >= 11 is 0.